The summed E-state index contributed by atoms with van der Waals surface area (Å²) in [6, 6.07) is 8.94. The first-order valence-electron chi connectivity index (χ1n) is 10.3. The van der Waals surface area contributed by atoms with E-state index in [9.17, 15) is 17.6 Å². The minimum atomic E-state index is -3.58. The van der Waals surface area contributed by atoms with Crippen molar-refractivity contribution in [2.45, 2.75) is 44.0 Å². The molecule has 0 unspecified atom stereocenters. The molecule has 0 atom stereocenters. The molecule has 2 aromatic carbocycles. The number of carbonyl (C=O) groups excluding carboxylic acids is 1. The van der Waals surface area contributed by atoms with Crippen LogP contribution in [-0.2, 0) is 27.8 Å². The Morgan fingerprint density at radius 3 is 2.62 bits per heavy atom. The first-order chi connectivity index (χ1) is 15.1. The van der Waals surface area contributed by atoms with Crippen molar-refractivity contribution < 1.29 is 17.6 Å². The molecule has 7 nitrogen and oxygen atoms in total. The normalized spacial score (nSPS) is 11.9. The minimum Gasteiger partial charge on any atom is -0.328 e. The first-order valence-corrected chi connectivity index (χ1v) is 12.1. The number of aromatic nitrogens is 2. The van der Waals surface area contributed by atoms with Crippen molar-refractivity contribution in [1.29, 1.82) is 0 Å². The van der Waals surface area contributed by atoms with E-state index in [1.807, 2.05) is 4.57 Å². The molecule has 0 saturated carbocycles. The molecular formula is C22H26ClFN4O3S. The number of benzene rings is 2. The molecule has 0 aliphatic carbocycles. The third kappa shape index (κ3) is 5.28. The van der Waals surface area contributed by atoms with Gasteiger partial charge in [0.15, 0.2) is 0 Å². The van der Waals surface area contributed by atoms with Gasteiger partial charge in [-0.1, -0.05) is 24.9 Å². The Morgan fingerprint density at radius 2 is 1.97 bits per heavy atom. The van der Waals surface area contributed by atoms with E-state index in [4.69, 9.17) is 11.6 Å². The zero-order chi connectivity index (χ0) is 23.5. The van der Waals surface area contributed by atoms with Crippen LogP contribution < -0.4 is 5.32 Å². The van der Waals surface area contributed by atoms with Gasteiger partial charge in [0.1, 0.15) is 11.6 Å². The minimum absolute atomic E-state index is 0.0671. The van der Waals surface area contributed by atoms with Crippen molar-refractivity contribution in [3.63, 3.8) is 0 Å². The molecule has 3 aromatic rings. The smallest absolute Gasteiger partial charge is 0.242 e. The maximum Gasteiger partial charge on any atom is 0.242 e. The van der Waals surface area contributed by atoms with Gasteiger partial charge < -0.3 is 9.88 Å². The molecule has 0 spiro atoms. The number of fused-ring (bicyclic) bond motifs is 1. The molecule has 32 heavy (non-hydrogen) atoms. The number of rotatable bonds is 9. The highest BCUT2D eigenvalue weighted by molar-refractivity contribution is 7.89. The zero-order valence-corrected chi connectivity index (χ0v) is 19.8. The summed E-state index contributed by atoms with van der Waals surface area (Å²) >= 11 is 5.74. The lowest BCUT2D eigenvalue weighted by atomic mass is 10.2. The summed E-state index contributed by atoms with van der Waals surface area (Å²) in [6.45, 7) is 2.78. The van der Waals surface area contributed by atoms with Crippen LogP contribution in [0.1, 0.15) is 32.0 Å². The van der Waals surface area contributed by atoms with Crippen LogP contribution in [-0.4, -0.2) is 42.3 Å². The van der Waals surface area contributed by atoms with Gasteiger partial charge in [0.05, 0.1) is 21.6 Å². The Bertz CT molecular complexity index is 1240. The van der Waals surface area contributed by atoms with Crippen LogP contribution in [0.3, 0.4) is 0 Å². The molecule has 172 valence electrons. The van der Waals surface area contributed by atoms with Gasteiger partial charge in [-0.3, -0.25) is 4.79 Å². The van der Waals surface area contributed by atoms with Crippen molar-refractivity contribution in [2.75, 3.05) is 19.4 Å². The highest BCUT2D eigenvalue weighted by atomic mass is 35.5. The highest BCUT2D eigenvalue weighted by Gasteiger charge is 2.20. The second-order valence-electron chi connectivity index (χ2n) is 7.64. The van der Waals surface area contributed by atoms with E-state index >= 15 is 0 Å². The Morgan fingerprint density at radius 1 is 1.22 bits per heavy atom. The largest absolute Gasteiger partial charge is 0.328 e. The van der Waals surface area contributed by atoms with Crippen molar-refractivity contribution in [1.82, 2.24) is 13.9 Å². The van der Waals surface area contributed by atoms with Gasteiger partial charge in [-0.05, 0) is 42.8 Å². The fourth-order valence-electron chi connectivity index (χ4n) is 3.32. The van der Waals surface area contributed by atoms with Gasteiger partial charge in [0.25, 0.3) is 0 Å². The molecule has 0 radical (unpaired) electrons. The predicted octanol–water partition coefficient (Wildman–Crippen LogP) is 4.45. The van der Waals surface area contributed by atoms with Crippen LogP contribution in [0.15, 0.2) is 41.3 Å². The zero-order valence-electron chi connectivity index (χ0n) is 18.2. The number of hydrogen-bond donors (Lipinski definition) is 1. The van der Waals surface area contributed by atoms with Crippen LogP contribution in [0, 0.1) is 5.82 Å². The summed E-state index contributed by atoms with van der Waals surface area (Å²) in [4.78, 5) is 17.2. The number of unbranched alkanes of at least 4 members (excludes halogenated alkanes) is 1. The Hall–Kier alpha value is -2.49. The molecule has 1 heterocycles. The second-order valence-corrected chi connectivity index (χ2v) is 10.2. The standard InChI is InChI=1S/C22H26ClFN4O3S/c1-4-5-12-28-20-9-7-16(32(30,31)27(2)3)14-19(20)25-21(28)10-11-22(29)26-18-8-6-15(23)13-17(18)24/h6-9,13-14H,4-5,10-12H2,1-3H3,(H,26,29). The van der Waals surface area contributed by atoms with Gasteiger partial charge in [-0.2, -0.15) is 0 Å². The van der Waals surface area contributed by atoms with Crippen LogP contribution in [0.2, 0.25) is 5.02 Å². The lowest BCUT2D eigenvalue weighted by Crippen LogP contribution is -2.22. The first kappa shape index (κ1) is 24.2. The number of hydrogen-bond acceptors (Lipinski definition) is 4. The highest BCUT2D eigenvalue weighted by Crippen LogP contribution is 2.24. The summed E-state index contributed by atoms with van der Waals surface area (Å²) in [5.41, 5.74) is 1.44. The van der Waals surface area contributed by atoms with Crippen LogP contribution >= 0.6 is 11.6 Å². The van der Waals surface area contributed by atoms with Gasteiger partial charge >= 0.3 is 0 Å². The van der Waals surface area contributed by atoms with Gasteiger partial charge in [-0.15, -0.1) is 0 Å². The predicted molar refractivity (Wildman–Crippen MR) is 124 cm³/mol. The van der Waals surface area contributed by atoms with Gasteiger partial charge in [0.2, 0.25) is 15.9 Å². The summed E-state index contributed by atoms with van der Waals surface area (Å²) in [7, 11) is -0.623. The number of carbonyl (C=O) groups is 1. The fraction of sp³-hybridized carbons (Fsp3) is 0.364. The number of imidazole rings is 1. The van der Waals surface area contributed by atoms with Crippen molar-refractivity contribution >= 4 is 44.3 Å². The molecule has 1 amide bonds. The topological polar surface area (TPSA) is 84.3 Å². The van der Waals surface area contributed by atoms with Crippen molar-refractivity contribution in [3.05, 3.63) is 53.1 Å². The molecule has 0 aliphatic heterocycles. The molecule has 0 fully saturated rings. The second kappa shape index (κ2) is 9.97. The van der Waals surface area contributed by atoms with Gasteiger partial charge in [-0.25, -0.2) is 22.1 Å². The van der Waals surface area contributed by atoms with Crippen molar-refractivity contribution in [2.24, 2.45) is 0 Å². The lowest BCUT2D eigenvalue weighted by Gasteiger charge is -2.11. The van der Waals surface area contributed by atoms with E-state index in [1.54, 1.807) is 18.2 Å². The average Bonchev–Trinajstić information content (AvgIpc) is 3.09. The number of nitrogens with zero attached hydrogens (tertiary/aromatic N) is 3. The molecule has 0 aliphatic rings. The maximum absolute atomic E-state index is 13.9. The van der Waals surface area contributed by atoms with E-state index in [0.29, 0.717) is 24.3 Å². The summed E-state index contributed by atoms with van der Waals surface area (Å²) in [5.74, 6) is -0.272. The van der Waals surface area contributed by atoms with E-state index in [1.165, 1.54) is 26.2 Å². The Labute approximate surface area is 192 Å². The summed E-state index contributed by atoms with van der Waals surface area (Å²) < 4.78 is 42.1. The monoisotopic (exact) mass is 480 g/mol. The lowest BCUT2D eigenvalue weighted by molar-refractivity contribution is -0.116. The molecule has 3 rings (SSSR count). The molecule has 0 bridgehead atoms. The van der Waals surface area contributed by atoms with Crippen LogP contribution in [0.5, 0.6) is 0 Å². The molecule has 1 aromatic heterocycles. The quantitative estimate of drug-likeness (QED) is 0.490. The molecule has 0 saturated heterocycles. The third-order valence-electron chi connectivity index (χ3n) is 5.09. The van der Waals surface area contributed by atoms with E-state index in [0.717, 1.165) is 28.7 Å². The number of aryl methyl sites for hydroxylation is 2. The Kier molecular flexibility index (Phi) is 7.53. The van der Waals surface area contributed by atoms with E-state index in [2.05, 4.69) is 17.2 Å². The van der Waals surface area contributed by atoms with E-state index in [-0.39, 0.29) is 27.9 Å². The number of anilines is 1. The summed E-state index contributed by atoms with van der Waals surface area (Å²) in [6.07, 6.45) is 2.32. The van der Waals surface area contributed by atoms with Crippen LogP contribution in [0.25, 0.3) is 11.0 Å². The SMILES string of the molecule is CCCCn1c(CCC(=O)Nc2ccc(Cl)cc2F)nc2cc(S(=O)(=O)N(C)C)ccc21. The third-order valence-corrected chi connectivity index (χ3v) is 7.14. The van der Waals surface area contributed by atoms with E-state index < -0.39 is 15.8 Å². The number of sulfonamides is 1. The number of amides is 1. The molecule has 10 heteroatoms. The average molecular weight is 481 g/mol. The number of halogens is 2. The Balaban J connectivity index is 1.84. The summed E-state index contributed by atoms with van der Waals surface area (Å²) in [5, 5.41) is 2.80. The van der Waals surface area contributed by atoms with Gasteiger partial charge in [0, 0.05) is 38.5 Å². The molecule has 1 N–H and O–H groups in total. The fourth-order valence-corrected chi connectivity index (χ4v) is 4.40. The number of nitrogens with one attached hydrogen (secondary N) is 1. The van der Waals surface area contributed by atoms with Crippen LogP contribution in [0.4, 0.5) is 10.1 Å². The maximum atomic E-state index is 13.9. The molecular weight excluding hydrogens is 455 g/mol. The van der Waals surface area contributed by atoms with Crippen molar-refractivity contribution in [3.8, 4) is 0 Å².